The third kappa shape index (κ3) is 1.81. The quantitative estimate of drug-likeness (QED) is 0.793. The normalized spacial score (nSPS) is 27.1. The van der Waals surface area contributed by atoms with Crippen molar-refractivity contribution in [3.05, 3.63) is 29.3 Å². The molecule has 1 aromatic rings. The van der Waals surface area contributed by atoms with Gasteiger partial charge in [0.2, 0.25) is 11.8 Å². The predicted molar refractivity (Wildman–Crippen MR) is 83.7 cm³/mol. The fraction of sp³-hybridized carbons (Fsp3) is 0.471. The van der Waals surface area contributed by atoms with Crippen LogP contribution in [0.25, 0.3) is 0 Å². The van der Waals surface area contributed by atoms with Gasteiger partial charge in [-0.1, -0.05) is 6.07 Å². The van der Waals surface area contributed by atoms with Gasteiger partial charge in [-0.2, -0.15) is 5.10 Å². The van der Waals surface area contributed by atoms with E-state index < -0.39 is 0 Å². The van der Waals surface area contributed by atoms with Gasteiger partial charge in [-0.25, -0.2) is 5.01 Å². The van der Waals surface area contributed by atoms with E-state index in [1.165, 1.54) is 10.6 Å². The molecule has 5 heteroatoms. The molecule has 2 unspecified atom stereocenters. The van der Waals surface area contributed by atoms with Crippen LogP contribution in [0.3, 0.4) is 0 Å². The molecule has 2 amide bonds. The van der Waals surface area contributed by atoms with E-state index >= 15 is 0 Å². The lowest BCUT2D eigenvalue weighted by atomic mass is 9.68. The summed E-state index contributed by atoms with van der Waals surface area (Å²) in [6, 6.07) is 6.19. The van der Waals surface area contributed by atoms with Crippen LogP contribution in [0, 0.1) is 11.8 Å². The highest BCUT2D eigenvalue weighted by molar-refractivity contribution is 6.08. The summed E-state index contributed by atoms with van der Waals surface area (Å²) in [7, 11) is 3.56. The molecular weight excluding hydrogens is 278 g/mol. The van der Waals surface area contributed by atoms with Gasteiger partial charge >= 0.3 is 0 Å². The largest absolute Gasteiger partial charge is 0.315 e. The molecule has 1 fully saturated rings. The Morgan fingerprint density at radius 2 is 1.86 bits per heavy atom. The van der Waals surface area contributed by atoms with Crippen LogP contribution >= 0.6 is 0 Å². The number of amides is 2. The molecule has 1 aromatic carbocycles. The Balaban J connectivity index is 1.73. The van der Waals surface area contributed by atoms with E-state index in [1.807, 2.05) is 19.2 Å². The molecule has 2 aliphatic heterocycles. The highest BCUT2D eigenvalue weighted by atomic mass is 16.2. The van der Waals surface area contributed by atoms with E-state index in [9.17, 15) is 9.59 Å². The molecule has 1 saturated carbocycles. The lowest BCUT2D eigenvalue weighted by Crippen LogP contribution is -2.48. The number of carbonyl (C=O) groups excluding carboxylic acids is 2. The molecule has 1 aliphatic carbocycles. The molecule has 3 aliphatic rings. The van der Waals surface area contributed by atoms with Gasteiger partial charge in [0.1, 0.15) is 0 Å². The van der Waals surface area contributed by atoms with Crippen molar-refractivity contribution < 1.29 is 9.59 Å². The molecule has 22 heavy (non-hydrogen) atoms. The van der Waals surface area contributed by atoms with Gasteiger partial charge in [0.15, 0.2) is 0 Å². The van der Waals surface area contributed by atoms with Crippen LogP contribution in [-0.4, -0.2) is 36.6 Å². The van der Waals surface area contributed by atoms with Crippen LogP contribution in [0.4, 0.5) is 5.69 Å². The van der Waals surface area contributed by atoms with Crippen LogP contribution in [0.15, 0.2) is 23.3 Å². The van der Waals surface area contributed by atoms with Crippen molar-refractivity contribution in [2.45, 2.75) is 25.7 Å². The molecule has 0 bridgehead atoms. The summed E-state index contributed by atoms with van der Waals surface area (Å²) in [5, 5.41) is 6.01. The zero-order valence-corrected chi connectivity index (χ0v) is 12.9. The Morgan fingerprint density at radius 3 is 2.59 bits per heavy atom. The van der Waals surface area contributed by atoms with E-state index in [-0.39, 0.29) is 23.7 Å². The summed E-state index contributed by atoms with van der Waals surface area (Å²) in [5.41, 5.74) is 4.31. The minimum absolute atomic E-state index is 0.109. The minimum atomic E-state index is 0.109. The summed E-state index contributed by atoms with van der Waals surface area (Å²) in [5.74, 6) is 0.686. The summed E-state index contributed by atoms with van der Waals surface area (Å²) in [6.07, 6.45) is 3.35. The molecule has 0 saturated heterocycles. The number of aryl methyl sites for hydroxylation is 1. The number of fused-ring (bicyclic) bond motifs is 2. The van der Waals surface area contributed by atoms with Gasteiger partial charge in [-0.05, 0) is 42.5 Å². The molecule has 114 valence electrons. The van der Waals surface area contributed by atoms with Crippen LogP contribution in [0.5, 0.6) is 0 Å². The lowest BCUT2D eigenvalue weighted by molar-refractivity contribution is -0.139. The summed E-state index contributed by atoms with van der Waals surface area (Å²) < 4.78 is 0. The second-order valence-corrected chi connectivity index (χ2v) is 6.43. The number of hydrogen-bond acceptors (Lipinski definition) is 3. The smallest absolute Gasteiger partial charge is 0.246 e. The topological polar surface area (TPSA) is 53.0 Å². The Morgan fingerprint density at radius 1 is 1.09 bits per heavy atom. The number of hydrazone groups is 1. The van der Waals surface area contributed by atoms with E-state index in [0.717, 1.165) is 36.2 Å². The number of carbonyl (C=O) groups is 2. The SMILES string of the molecule is CN1N=C(c2ccc3c(c2)CCC(=O)N3C)C2CCC2C1=O. The van der Waals surface area contributed by atoms with Crippen molar-refractivity contribution in [3.8, 4) is 0 Å². The first-order valence-electron chi connectivity index (χ1n) is 7.82. The van der Waals surface area contributed by atoms with E-state index in [4.69, 9.17) is 0 Å². The predicted octanol–water partition coefficient (Wildman–Crippen LogP) is 1.80. The molecule has 5 nitrogen and oxygen atoms in total. The van der Waals surface area contributed by atoms with Crippen molar-refractivity contribution in [2.75, 3.05) is 19.0 Å². The van der Waals surface area contributed by atoms with E-state index in [2.05, 4.69) is 11.2 Å². The van der Waals surface area contributed by atoms with Crippen LogP contribution in [0.2, 0.25) is 0 Å². The second-order valence-electron chi connectivity index (χ2n) is 6.43. The number of hydrogen-bond donors (Lipinski definition) is 0. The molecule has 0 spiro atoms. The minimum Gasteiger partial charge on any atom is -0.315 e. The summed E-state index contributed by atoms with van der Waals surface area (Å²) in [4.78, 5) is 25.6. The van der Waals surface area contributed by atoms with Crippen LogP contribution in [0.1, 0.15) is 30.4 Å². The zero-order chi connectivity index (χ0) is 15.4. The van der Waals surface area contributed by atoms with Gasteiger partial charge in [0, 0.05) is 38.0 Å². The Kier molecular flexibility index (Phi) is 2.86. The Bertz CT molecular complexity index is 710. The Hall–Kier alpha value is -2.17. The maximum Gasteiger partial charge on any atom is 0.246 e. The molecule has 2 heterocycles. The first-order chi connectivity index (χ1) is 10.6. The van der Waals surface area contributed by atoms with E-state index in [0.29, 0.717) is 6.42 Å². The molecule has 0 aromatic heterocycles. The van der Waals surface area contributed by atoms with Crippen molar-refractivity contribution in [2.24, 2.45) is 16.9 Å². The fourth-order valence-corrected chi connectivity index (χ4v) is 3.74. The van der Waals surface area contributed by atoms with Crippen molar-refractivity contribution >= 4 is 23.2 Å². The van der Waals surface area contributed by atoms with Gasteiger partial charge < -0.3 is 4.90 Å². The summed E-state index contributed by atoms with van der Waals surface area (Å²) in [6.45, 7) is 0. The highest BCUT2D eigenvalue weighted by Crippen LogP contribution is 2.41. The van der Waals surface area contributed by atoms with Gasteiger partial charge in [-0.3, -0.25) is 9.59 Å². The maximum absolute atomic E-state index is 12.1. The number of anilines is 1. The molecule has 2 atom stereocenters. The van der Waals surface area contributed by atoms with E-state index in [1.54, 1.807) is 11.9 Å². The standard InChI is InChI=1S/C17H19N3O2/c1-19-14-7-3-11(9-10(14)4-8-15(19)21)16-12-5-6-13(12)17(22)20(2)18-16/h3,7,9,12-13H,4-6,8H2,1-2H3. The lowest BCUT2D eigenvalue weighted by Gasteiger charge is -2.41. The summed E-state index contributed by atoms with van der Waals surface area (Å²) >= 11 is 0. The van der Waals surface area contributed by atoms with Crippen molar-refractivity contribution in [3.63, 3.8) is 0 Å². The third-order valence-corrected chi connectivity index (χ3v) is 5.24. The maximum atomic E-state index is 12.1. The second kappa shape index (κ2) is 4.66. The average molecular weight is 297 g/mol. The molecule has 0 N–H and O–H groups in total. The first-order valence-corrected chi connectivity index (χ1v) is 7.82. The van der Waals surface area contributed by atoms with Crippen molar-refractivity contribution in [1.29, 1.82) is 0 Å². The molecule has 0 radical (unpaired) electrons. The monoisotopic (exact) mass is 297 g/mol. The molecular formula is C17H19N3O2. The first kappa shape index (κ1) is 13.5. The highest BCUT2D eigenvalue weighted by Gasteiger charge is 2.45. The number of benzene rings is 1. The molecule has 4 rings (SSSR count). The zero-order valence-electron chi connectivity index (χ0n) is 12.9. The fourth-order valence-electron chi connectivity index (χ4n) is 3.74. The number of nitrogens with zero attached hydrogens (tertiary/aromatic N) is 3. The number of rotatable bonds is 1. The van der Waals surface area contributed by atoms with Crippen LogP contribution in [-0.2, 0) is 16.0 Å². The van der Waals surface area contributed by atoms with Gasteiger partial charge in [0.25, 0.3) is 0 Å². The third-order valence-electron chi connectivity index (χ3n) is 5.24. The Labute approximate surface area is 129 Å². The van der Waals surface area contributed by atoms with Gasteiger partial charge in [-0.15, -0.1) is 0 Å². The van der Waals surface area contributed by atoms with Crippen LogP contribution < -0.4 is 4.90 Å². The average Bonchev–Trinajstić information content (AvgIpc) is 2.47. The van der Waals surface area contributed by atoms with Gasteiger partial charge in [0.05, 0.1) is 5.71 Å². The van der Waals surface area contributed by atoms with Crippen molar-refractivity contribution in [1.82, 2.24) is 5.01 Å².